The quantitative estimate of drug-likeness (QED) is 0.770. The molecule has 1 N–H and O–H groups in total. The number of hydrogen-bond acceptors (Lipinski definition) is 2. The zero-order valence-corrected chi connectivity index (χ0v) is 10.9. The summed E-state index contributed by atoms with van der Waals surface area (Å²) in [7, 11) is 0. The molecular weight excluding hydrogens is 200 g/mol. The Morgan fingerprint density at radius 1 is 1.38 bits per heavy atom. The van der Waals surface area contributed by atoms with Crippen LogP contribution in [0, 0.1) is 0 Å². The van der Waals surface area contributed by atoms with Crippen LogP contribution in [-0.2, 0) is 17.8 Å². The Morgan fingerprint density at radius 2 is 2.12 bits per heavy atom. The lowest BCUT2D eigenvalue weighted by molar-refractivity contribution is -0.00897. The summed E-state index contributed by atoms with van der Waals surface area (Å²) in [5, 5.41) is 3.43. The number of ether oxygens (including phenoxy) is 1. The molecule has 0 unspecified atom stereocenters. The molecule has 0 aliphatic rings. The Kier molecular flexibility index (Phi) is 5.03. The highest BCUT2D eigenvalue weighted by molar-refractivity contribution is 5.09. The summed E-state index contributed by atoms with van der Waals surface area (Å²) in [5.41, 5.74) is 1.25. The van der Waals surface area contributed by atoms with Crippen LogP contribution in [0.2, 0.25) is 0 Å². The van der Waals surface area contributed by atoms with Crippen LogP contribution in [-0.4, -0.2) is 23.3 Å². The summed E-state index contributed by atoms with van der Waals surface area (Å²) in [4.78, 5) is 0. The molecule has 0 amide bonds. The summed E-state index contributed by atoms with van der Waals surface area (Å²) in [6.45, 7) is 12.0. The van der Waals surface area contributed by atoms with E-state index in [2.05, 4.69) is 49.1 Å². The van der Waals surface area contributed by atoms with Crippen molar-refractivity contribution in [2.45, 2.75) is 46.4 Å². The third-order valence-corrected chi connectivity index (χ3v) is 2.59. The molecule has 1 rings (SSSR count). The highest BCUT2D eigenvalue weighted by Gasteiger charge is 2.16. The molecule has 16 heavy (non-hydrogen) atoms. The molecule has 0 saturated heterocycles. The number of nitrogens with one attached hydrogen (secondary N) is 1. The zero-order chi connectivity index (χ0) is 12.0. The largest absolute Gasteiger partial charge is 0.375 e. The van der Waals surface area contributed by atoms with Crippen molar-refractivity contribution in [1.29, 1.82) is 0 Å². The van der Waals surface area contributed by atoms with Gasteiger partial charge in [0, 0.05) is 38.6 Å². The van der Waals surface area contributed by atoms with Crippen LogP contribution in [0.4, 0.5) is 0 Å². The molecular formula is C13H24N2O. The molecule has 0 bridgehead atoms. The maximum Gasteiger partial charge on any atom is 0.0750 e. The average Bonchev–Trinajstić information content (AvgIpc) is 2.65. The molecule has 92 valence electrons. The van der Waals surface area contributed by atoms with E-state index < -0.39 is 0 Å². The van der Waals surface area contributed by atoms with Crippen LogP contribution in [0.25, 0.3) is 0 Å². The van der Waals surface area contributed by atoms with Gasteiger partial charge in [0.2, 0.25) is 0 Å². The van der Waals surface area contributed by atoms with Gasteiger partial charge in [-0.1, -0.05) is 0 Å². The topological polar surface area (TPSA) is 26.2 Å². The Morgan fingerprint density at radius 3 is 2.69 bits per heavy atom. The molecule has 0 spiro atoms. The molecule has 3 heteroatoms. The molecule has 0 aromatic carbocycles. The first-order valence-corrected chi connectivity index (χ1v) is 6.06. The van der Waals surface area contributed by atoms with E-state index in [4.69, 9.17) is 4.74 Å². The molecule has 0 radical (unpaired) electrons. The summed E-state index contributed by atoms with van der Waals surface area (Å²) >= 11 is 0. The lowest BCUT2D eigenvalue weighted by Gasteiger charge is -2.24. The van der Waals surface area contributed by atoms with Gasteiger partial charge >= 0.3 is 0 Å². The minimum absolute atomic E-state index is 0.0813. The van der Waals surface area contributed by atoms with Gasteiger partial charge in [0.15, 0.2) is 0 Å². The van der Waals surface area contributed by atoms with E-state index >= 15 is 0 Å². The summed E-state index contributed by atoms with van der Waals surface area (Å²) in [6.07, 6.45) is 4.30. The highest BCUT2D eigenvalue weighted by atomic mass is 16.5. The first-order chi connectivity index (χ1) is 7.57. The van der Waals surface area contributed by atoms with Crippen molar-refractivity contribution in [3.8, 4) is 0 Å². The molecule has 0 saturated carbocycles. The monoisotopic (exact) mass is 224 g/mol. The molecule has 0 atom stereocenters. The third-order valence-electron chi connectivity index (χ3n) is 2.59. The molecule has 0 aliphatic heterocycles. The van der Waals surface area contributed by atoms with Gasteiger partial charge in [0.1, 0.15) is 0 Å². The second-order valence-electron chi connectivity index (χ2n) is 4.65. The van der Waals surface area contributed by atoms with Gasteiger partial charge in [0.05, 0.1) is 5.60 Å². The third kappa shape index (κ3) is 4.37. The minimum atomic E-state index is -0.0813. The molecule has 1 aromatic rings. The average molecular weight is 224 g/mol. The summed E-state index contributed by atoms with van der Waals surface area (Å²) < 4.78 is 7.81. The van der Waals surface area contributed by atoms with Gasteiger partial charge in [-0.15, -0.1) is 0 Å². The normalized spacial score (nSPS) is 12.0. The van der Waals surface area contributed by atoms with Crippen molar-refractivity contribution in [2.24, 2.45) is 0 Å². The van der Waals surface area contributed by atoms with E-state index in [0.29, 0.717) is 0 Å². The lowest BCUT2D eigenvalue weighted by atomic mass is 10.1. The van der Waals surface area contributed by atoms with Gasteiger partial charge < -0.3 is 14.6 Å². The summed E-state index contributed by atoms with van der Waals surface area (Å²) in [6, 6.07) is 2.16. The minimum Gasteiger partial charge on any atom is -0.375 e. The van der Waals surface area contributed by atoms with E-state index in [1.54, 1.807) is 0 Å². The van der Waals surface area contributed by atoms with E-state index in [1.165, 1.54) is 5.56 Å². The van der Waals surface area contributed by atoms with Crippen molar-refractivity contribution in [2.75, 3.05) is 13.2 Å². The SMILES string of the molecule is CCOC(C)(C)CNCc1ccn(CC)c1. The number of aryl methyl sites for hydroxylation is 1. The van der Waals surface area contributed by atoms with Gasteiger partial charge in [-0.3, -0.25) is 0 Å². The Hall–Kier alpha value is -0.800. The van der Waals surface area contributed by atoms with Gasteiger partial charge in [-0.05, 0) is 39.3 Å². The van der Waals surface area contributed by atoms with Gasteiger partial charge in [-0.25, -0.2) is 0 Å². The number of nitrogens with zero attached hydrogens (tertiary/aromatic N) is 1. The van der Waals surface area contributed by atoms with Crippen molar-refractivity contribution in [1.82, 2.24) is 9.88 Å². The van der Waals surface area contributed by atoms with Crippen molar-refractivity contribution >= 4 is 0 Å². The predicted octanol–water partition coefficient (Wildman–Crippen LogP) is 2.41. The second-order valence-corrected chi connectivity index (χ2v) is 4.65. The molecule has 1 aromatic heterocycles. The van der Waals surface area contributed by atoms with Crippen molar-refractivity contribution < 1.29 is 4.74 Å². The highest BCUT2D eigenvalue weighted by Crippen LogP contribution is 2.07. The molecule has 3 nitrogen and oxygen atoms in total. The standard InChI is InChI=1S/C13H24N2O/c1-5-15-8-7-12(10-15)9-14-11-13(3,4)16-6-2/h7-8,10,14H,5-6,9,11H2,1-4H3. The first kappa shape index (κ1) is 13.3. The van der Waals surface area contributed by atoms with E-state index in [1.807, 2.05) is 6.92 Å². The molecule has 0 fully saturated rings. The molecule has 0 aliphatic carbocycles. The Labute approximate surface area is 98.8 Å². The number of aromatic nitrogens is 1. The Bertz CT molecular complexity index is 305. The number of hydrogen-bond donors (Lipinski definition) is 1. The van der Waals surface area contributed by atoms with E-state index in [0.717, 1.165) is 26.2 Å². The summed E-state index contributed by atoms with van der Waals surface area (Å²) in [5.74, 6) is 0. The molecule has 1 heterocycles. The smallest absolute Gasteiger partial charge is 0.0750 e. The zero-order valence-electron chi connectivity index (χ0n) is 10.9. The predicted molar refractivity (Wildman–Crippen MR) is 67.5 cm³/mol. The van der Waals surface area contributed by atoms with Crippen molar-refractivity contribution in [3.63, 3.8) is 0 Å². The van der Waals surface area contributed by atoms with Crippen LogP contribution < -0.4 is 5.32 Å². The first-order valence-electron chi connectivity index (χ1n) is 6.06. The van der Waals surface area contributed by atoms with Crippen LogP contribution in [0.1, 0.15) is 33.3 Å². The fraction of sp³-hybridized carbons (Fsp3) is 0.692. The van der Waals surface area contributed by atoms with Crippen LogP contribution in [0.3, 0.4) is 0 Å². The van der Waals surface area contributed by atoms with Crippen LogP contribution >= 0.6 is 0 Å². The van der Waals surface area contributed by atoms with Crippen LogP contribution in [0.15, 0.2) is 18.5 Å². The Balaban J connectivity index is 2.29. The maximum absolute atomic E-state index is 5.63. The maximum atomic E-state index is 5.63. The van der Waals surface area contributed by atoms with Crippen LogP contribution in [0.5, 0.6) is 0 Å². The second kappa shape index (κ2) is 6.06. The lowest BCUT2D eigenvalue weighted by Crippen LogP contribution is -2.37. The van der Waals surface area contributed by atoms with E-state index in [9.17, 15) is 0 Å². The number of rotatable bonds is 7. The van der Waals surface area contributed by atoms with Gasteiger partial charge in [0.25, 0.3) is 0 Å². The fourth-order valence-electron chi connectivity index (χ4n) is 1.74. The van der Waals surface area contributed by atoms with E-state index in [-0.39, 0.29) is 5.60 Å². The van der Waals surface area contributed by atoms with Crippen molar-refractivity contribution in [3.05, 3.63) is 24.0 Å². The fourth-order valence-corrected chi connectivity index (χ4v) is 1.74. The van der Waals surface area contributed by atoms with Gasteiger partial charge in [-0.2, -0.15) is 0 Å².